The SMILES string of the molecule is Cc1cccc(-c2nc(C(=O)O)co2)c1[N+](=O)[O-]. The molecular weight excluding hydrogens is 240 g/mol. The topological polar surface area (TPSA) is 106 Å². The van der Waals surface area contributed by atoms with E-state index in [2.05, 4.69) is 4.98 Å². The largest absolute Gasteiger partial charge is 0.476 e. The van der Waals surface area contributed by atoms with Crippen molar-refractivity contribution in [2.24, 2.45) is 0 Å². The van der Waals surface area contributed by atoms with Gasteiger partial charge in [-0.1, -0.05) is 12.1 Å². The molecule has 0 bridgehead atoms. The van der Waals surface area contributed by atoms with E-state index >= 15 is 0 Å². The number of hydrogen-bond donors (Lipinski definition) is 1. The first kappa shape index (κ1) is 11.8. The standard InChI is InChI=1S/C11H8N2O5/c1-6-3-2-4-7(9(6)13(16)17)10-12-8(5-18-10)11(14)15/h2-5H,1H3,(H,14,15). The van der Waals surface area contributed by atoms with Gasteiger partial charge in [-0.15, -0.1) is 0 Å². The van der Waals surface area contributed by atoms with Crippen molar-refractivity contribution < 1.29 is 19.2 Å². The van der Waals surface area contributed by atoms with Crippen LogP contribution >= 0.6 is 0 Å². The van der Waals surface area contributed by atoms with Crippen molar-refractivity contribution in [2.75, 3.05) is 0 Å². The first-order valence-corrected chi connectivity index (χ1v) is 4.94. The van der Waals surface area contributed by atoms with E-state index in [-0.39, 0.29) is 22.8 Å². The number of carboxylic acid groups (broad SMARTS) is 1. The molecule has 1 N–H and O–H groups in total. The van der Waals surface area contributed by atoms with Crippen molar-refractivity contribution in [1.29, 1.82) is 0 Å². The van der Waals surface area contributed by atoms with Crippen LogP contribution in [-0.4, -0.2) is 21.0 Å². The van der Waals surface area contributed by atoms with Crippen molar-refractivity contribution in [2.45, 2.75) is 6.92 Å². The van der Waals surface area contributed by atoms with Gasteiger partial charge in [-0.25, -0.2) is 9.78 Å². The highest BCUT2D eigenvalue weighted by atomic mass is 16.6. The van der Waals surface area contributed by atoms with E-state index in [0.29, 0.717) is 5.56 Å². The molecule has 0 aliphatic heterocycles. The summed E-state index contributed by atoms with van der Waals surface area (Å²) in [5, 5.41) is 19.7. The van der Waals surface area contributed by atoms with Crippen molar-refractivity contribution >= 4 is 11.7 Å². The Kier molecular flexibility index (Phi) is 2.80. The van der Waals surface area contributed by atoms with Crippen LogP contribution < -0.4 is 0 Å². The average molecular weight is 248 g/mol. The highest BCUT2D eigenvalue weighted by Crippen LogP contribution is 2.31. The third-order valence-electron chi connectivity index (χ3n) is 2.37. The fraction of sp³-hybridized carbons (Fsp3) is 0.0909. The lowest BCUT2D eigenvalue weighted by Gasteiger charge is -2.01. The first-order valence-electron chi connectivity index (χ1n) is 4.94. The highest BCUT2D eigenvalue weighted by Gasteiger charge is 2.22. The number of aromatic carboxylic acids is 1. The van der Waals surface area contributed by atoms with Gasteiger partial charge in [-0.2, -0.15) is 0 Å². The van der Waals surface area contributed by atoms with Crippen molar-refractivity contribution in [3.63, 3.8) is 0 Å². The van der Waals surface area contributed by atoms with Gasteiger partial charge in [-0.05, 0) is 13.0 Å². The fourth-order valence-corrected chi connectivity index (χ4v) is 1.57. The molecule has 92 valence electrons. The van der Waals surface area contributed by atoms with E-state index in [1.807, 2.05) is 0 Å². The summed E-state index contributed by atoms with van der Waals surface area (Å²) in [5.74, 6) is -1.33. The predicted molar refractivity (Wildman–Crippen MR) is 60.3 cm³/mol. The summed E-state index contributed by atoms with van der Waals surface area (Å²) >= 11 is 0. The van der Waals surface area contributed by atoms with Gasteiger partial charge in [0.25, 0.3) is 5.69 Å². The zero-order valence-electron chi connectivity index (χ0n) is 9.28. The Balaban J connectivity index is 2.59. The molecule has 0 aliphatic rings. The number of rotatable bonds is 3. The first-order chi connectivity index (χ1) is 8.50. The molecule has 1 aromatic heterocycles. The van der Waals surface area contributed by atoms with E-state index < -0.39 is 10.9 Å². The van der Waals surface area contributed by atoms with Crippen LogP contribution in [0, 0.1) is 17.0 Å². The van der Waals surface area contributed by atoms with Crippen LogP contribution in [0.2, 0.25) is 0 Å². The molecule has 2 aromatic rings. The Labute approximate surface area is 101 Å². The second-order valence-corrected chi connectivity index (χ2v) is 3.57. The summed E-state index contributed by atoms with van der Waals surface area (Å²) in [6.07, 6.45) is 0.948. The number of carbonyl (C=O) groups is 1. The number of oxazole rings is 1. The summed E-state index contributed by atoms with van der Waals surface area (Å²) in [5.41, 5.74) is 0.178. The van der Waals surface area contributed by atoms with Crippen molar-refractivity contribution in [1.82, 2.24) is 4.98 Å². The Hall–Kier alpha value is -2.70. The second kappa shape index (κ2) is 4.28. The second-order valence-electron chi connectivity index (χ2n) is 3.57. The van der Waals surface area contributed by atoms with Crippen LogP contribution in [0.3, 0.4) is 0 Å². The van der Waals surface area contributed by atoms with E-state index in [9.17, 15) is 14.9 Å². The lowest BCUT2D eigenvalue weighted by Crippen LogP contribution is -1.97. The lowest BCUT2D eigenvalue weighted by molar-refractivity contribution is -0.384. The Morgan fingerprint density at radius 3 is 2.78 bits per heavy atom. The predicted octanol–water partition coefficient (Wildman–Crippen LogP) is 2.26. The molecule has 0 saturated carbocycles. The van der Waals surface area contributed by atoms with Crippen LogP contribution in [0.1, 0.15) is 16.1 Å². The number of nitro groups is 1. The summed E-state index contributed by atoms with van der Waals surface area (Å²) in [7, 11) is 0. The quantitative estimate of drug-likeness (QED) is 0.659. The summed E-state index contributed by atoms with van der Waals surface area (Å²) in [6, 6.07) is 4.66. The molecule has 7 heteroatoms. The molecule has 0 atom stereocenters. The van der Waals surface area contributed by atoms with Crippen molar-refractivity contribution in [3.05, 3.63) is 45.8 Å². The molecule has 0 fully saturated rings. The van der Waals surface area contributed by atoms with Crippen molar-refractivity contribution in [3.8, 4) is 11.5 Å². The zero-order chi connectivity index (χ0) is 13.3. The molecule has 0 radical (unpaired) electrons. The van der Waals surface area contributed by atoms with Gasteiger partial charge in [0.15, 0.2) is 5.69 Å². The monoisotopic (exact) mass is 248 g/mol. The number of carboxylic acids is 1. The molecule has 0 amide bonds. The van der Waals surface area contributed by atoms with Crippen LogP contribution in [0.5, 0.6) is 0 Å². The Morgan fingerprint density at radius 2 is 2.22 bits per heavy atom. The number of aryl methyl sites for hydroxylation is 1. The molecule has 1 aromatic carbocycles. The van der Waals surface area contributed by atoms with Crippen LogP contribution in [0.15, 0.2) is 28.9 Å². The van der Waals surface area contributed by atoms with Crippen LogP contribution in [0.25, 0.3) is 11.5 Å². The van der Waals surface area contributed by atoms with Crippen LogP contribution in [0.4, 0.5) is 5.69 Å². The van der Waals surface area contributed by atoms with E-state index in [4.69, 9.17) is 9.52 Å². The van der Waals surface area contributed by atoms with Gasteiger partial charge < -0.3 is 9.52 Å². The third kappa shape index (κ3) is 1.93. The number of aromatic nitrogens is 1. The highest BCUT2D eigenvalue weighted by molar-refractivity contribution is 5.85. The van der Waals surface area contributed by atoms with Gasteiger partial charge >= 0.3 is 5.97 Å². The Morgan fingerprint density at radius 1 is 1.50 bits per heavy atom. The van der Waals surface area contributed by atoms with Gasteiger partial charge in [0.2, 0.25) is 5.89 Å². The molecule has 18 heavy (non-hydrogen) atoms. The molecule has 7 nitrogen and oxygen atoms in total. The van der Waals surface area contributed by atoms with E-state index in [0.717, 1.165) is 6.26 Å². The maximum Gasteiger partial charge on any atom is 0.357 e. The number of benzene rings is 1. The van der Waals surface area contributed by atoms with Gasteiger partial charge in [-0.3, -0.25) is 10.1 Å². The van der Waals surface area contributed by atoms with Crippen LogP contribution in [-0.2, 0) is 0 Å². The molecule has 2 rings (SSSR count). The molecular formula is C11H8N2O5. The number of para-hydroxylation sites is 1. The maximum atomic E-state index is 11.0. The smallest absolute Gasteiger partial charge is 0.357 e. The average Bonchev–Trinajstić information content (AvgIpc) is 2.77. The van der Waals surface area contributed by atoms with Gasteiger partial charge in [0.05, 0.1) is 4.92 Å². The number of nitro benzene ring substituents is 1. The minimum Gasteiger partial charge on any atom is -0.476 e. The maximum absolute atomic E-state index is 11.0. The van der Waals surface area contributed by atoms with E-state index in [1.54, 1.807) is 19.1 Å². The summed E-state index contributed by atoms with van der Waals surface area (Å²) < 4.78 is 4.96. The van der Waals surface area contributed by atoms with Gasteiger partial charge in [0, 0.05) is 5.56 Å². The summed E-state index contributed by atoms with van der Waals surface area (Å²) in [4.78, 5) is 24.8. The fourth-order valence-electron chi connectivity index (χ4n) is 1.57. The normalized spacial score (nSPS) is 10.3. The Bertz CT molecular complexity index is 632. The van der Waals surface area contributed by atoms with E-state index in [1.165, 1.54) is 6.07 Å². The molecule has 0 unspecified atom stereocenters. The molecule has 1 heterocycles. The number of hydrogen-bond acceptors (Lipinski definition) is 5. The number of nitrogens with zero attached hydrogens (tertiary/aromatic N) is 2. The molecule has 0 saturated heterocycles. The minimum absolute atomic E-state index is 0.0807. The lowest BCUT2D eigenvalue weighted by atomic mass is 10.1. The third-order valence-corrected chi connectivity index (χ3v) is 2.37. The zero-order valence-corrected chi connectivity index (χ0v) is 9.28. The summed E-state index contributed by atoms with van der Waals surface area (Å²) in [6.45, 7) is 1.59. The minimum atomic E-state index is -1.25. The molecule has 0 spiro atoms. The van der Waals surface area contributed by atoms with Gasteiger partial charge in [0.1, 0.15) is 11.8 Å². The molecule has 0 aliphatic carbocycles.